The zero-order chi connectivity index (χ0) is 20.1. The molecule has 0 saturated carbocycles. The fourth-order valence-electron chi connectivity index (χ4n) is 2.47. The van der Waals surface area contributed by atoms with E-state index in [-0.39, 0.29) is 5.91 Å². The Bertz CT molecular complexity index is 976. The van der Waals surface area contributed by atoms with Crippen molar-refractivity contribution >= 4 is 28.3 Å². The minimum atomic E-state index is -0.397. The largest absolute Gasteiger partial charge is 0.497 e. The number of benzene rings is 2. The number of rotatable bonds is 6. The molecule has 0 bridgehead atoms. The monoisotopic (exact) mass is 398 g/mol. The number of hydrogen-bond acceptors (Lipinski definition) is 7. The van der Waals surface area contributed by atoms with Gasteiger partial charge in [0.15, 0.2) is 5.13 Å². The number of esters is 1. The molecule has 1 amide bonds. The van der Waals surface area contributed by atoms with Gasteiger partial charge in [-0.05, 0) is 24.3 Å². The molecule has 1 aromatic heterocycles. The number of anilines is 1. The lowest BCUT2D eigenvalue weighted by Gasteiger charge is -2.08. The number of aromatic nitrogens is 1. The molecule has 0 aliphatic carbocycles. The Hall–Kier alpha value is -3.39. The van der Waals surface area contributed by atoms with Gasteiger partial charge < -0.3 is 14.2 Å². The molecule has 8 heteroatoms. The summed E-state index contributed by atoms with van der Waals surface area (Å²) in [6, 6.07) is 11.8. The number of carbonyl (C=O) groups is 2. The van der Waals surface area contributed by atoms with Crippen molar-refractivity contribution in [3.05, 3.63) is 59.0 Å². The van der Waals surface area contributed by atoms with Crippen molar-refractivity contribution in [2.45, 2.75) is 0 Å². The van der Waals surface area contributed by atoms with Crippen molar-refractivity contribution in [2.24, 2.45) is 0 Å². The first kappa shape index (κ1) is 19.4. The van der Waals surface area contributed by atoms with E-state index in [4.69, 9.17) is 9.47 Å². The number of hydrogen-bond donors (Lipinski definition) is 1. The molecule has 0 atom stereocenters. The maximum atomic E-state index is 12.5. The van der Waals surface area contributed by atoms with E-state index in [1.165, 1.54) is 32.7 Å². The predicted octanol–water partition coefficient (Wildman–Crippen LogP) is 3.87. The highest BCUT2D eigenvalue weighted by atomic mass is 32.1. The van der Waals surface area contributed by atoms with E-state index < -0.39 is 5.97 Å². The van der Waals surface area contributed by atoms with Crippen LogP contribution in [0.2, 0.25) is 0 Å². The van der Waals surface area contributed by atoms with E-state index in [0.717, 1.165) is 5.56 Å². The minimum absolute atomic E-state index is 0.320. The van der Waals surface area contributed by atoms with Crippen molar-refractivity contribution < 1.29 is 23.8 Å². The molecule has 0 fully saturated rings. The SMILES string of the molecule is COC(=O)c1ccc(-c2csc(NC(=O)c3cc(OC)cc(OC)c3)n2)cc1. The standard InChI is InChI=1S/C20H18N2O5S/c1-25-15-8-14(9-16(10-15)26-2)18(23)22-20-21-17(11-28-20)12-4-6-13(7-5-12)19(24)27-3/h4-11H,1-3H3,(H,21,22,23). The van der Waals surface area contributed by atoms with Crippen LogP contribution in [0.1, 0.15) is 20.7 Å². The molecular weight excluding hydrogens is 380 g/mol. The topological polar surface area (TPSA) is 86.8 Å². The number of methoxy groups -OCH3 is 3. The Morgan fingerprint density at radius 1 is 0.929 bits per heavy atom. The van der Waals surface area contributed by atoms with E-state index in [2.05, 4.69) is 15.0 Å². The van der Waals surface area contributed by atoms with E-state index in [0.29, 0.717) is 33.5 Å². The smallest absolute Gasteiger partial charge is 0.337 e. The van der Waals surface area contributed by atoms with Gasteiger partial charge in [0.05, 0.1) is 32.6 Å². The van der Waals surface area contributed by atoms with Gasteiger partial charge in [0.25, 0.3) is 5.91 Å². The van der Waals surface area contributed by atoms with Crippen LogP contribution in [0.25, 0.3) is 11.3 Å². The van der Waals surface area contributed by atoms with Crippen LogP contribution in [-0.2, 0) is 4.74 Å². The van der Waals surface area contributed by atoms with Crippen LogP contribution in [0.5, 0.6) is 11.5 Å². The van der Waals surface area contributed by atoms with Gasteiger partial charge in [0, 0.05) is 22.6 Å². The summed E-state index contributed by atoms with van der Waals surface area (Å²) in [4.78, 5) is 28.5. The van der Waals surface area contributed by atoms with Gasteiger partial charge >= 0.3 is 5.97 Å². The molecule has 1 heterocycles. The zero-order valence-electron chi connectivity index (χ0n) is 15.5. The van der Waals surface area contributed by atoms with Crippen LogP contribution >= 0.6 is 11.3 Å². The van der Waals surface area contributed by atoms with E-state index in [9.17, 15) is 9.59 Å². The minimum Gasteiger partial charge on any atom is -0.497 e. The van der Waals surface area contributed by atoms with Crippen LogP contribution in [0.4, 0.5) is 5.13 Å². The van der Waals surface area contributed by atoms with Crippen LogP contribution in [0.15, 0.2) is 47.8 Å². The van der Waals surface area contributed by atoms with Gasteiger partial charge in [0.2, 0.25) is 0 Å². The molecular formula is C20H18N2O5S. The van der Waals surface area contributed by atoms with E-state index in [1.807, 2.05) is 5.38 Å². The van der Waals surface area contributed by atoms with E-state index >= 15 is 0 Å². The summed E-state index contributed by atoms with van der Waals surface area (Å²) in [5.74, 6) is 0.329. The molecule has 28 heavy (non-hydrogen) atoms. The molecule has 0 unspecified atom stereocenters. The molecule has 0 aliphatic rings. The lowest BCUT2D eigenvalue weighted by atomic mass is 10.1. The number of ether oxygens (including phenoxy) is 3. The molecule has 3 aromatic rings. The second-order valence-corrected chi connectivity index (χ2v) is 6.52. The Kier molecular flexibility index (Phi) is 5.90. The second-order valence-electron chi connectivity index (χ2n) is 5.66. The summed E-state index contributed by atoms with van der Waals surface area (Å²) >= 11 is 1.31. The Morgan fingerprint density at radius 2 is 1.57 bits per heavy atom. The van der Waals surface area contributed by atoms with Gasteiger partial charge in [0.1, 0.15) is 11.5 Å². The fourth-order valence-corrected chi connectivity index (χ4v) is 3.18. The number of amides is 1. The Labute approximate surface area is 165 Å². The number of carbonyl (C=O) groups excluding carboxylic acids is 2. The fraction of sp³-hybridized carbons (Fsp3) is 0.150. The van der Waals surface area contributed by atoms with Gasteiger partial charge in [-0.2, -0.15) is 0 Å². The molecule has 2 aromatic carbocycles. The first-order chi connectivity index (χ1) is 13.5. The quantitative estimate of drug-likeness (QED) is 0.635. The van der Waals surface area contributed by atoms with Gasteiger partial charge in [-0.3, -0.25) is 10.1 Å². The summed E-state index contributed by atoms with van der Waals surface area (Å²) in [5, 5.41) is 5.06. The third-order valence-corrected chi connectivity index (χ3v) is 4.70. The van der Waals surface area contributed by atoms with Crippen molar-refractivity contribution in [2.75, 3.05) is 26.6 Å². The van der Waals surface area contributed by atoms with Crippen molar-refractivity contribution in [1.82, 2.24) is 4.98 Å². The van der Waals surface area contributed by atoms with Crippen LogP contribution in [-0.4, -0.2) is 38.2 Å². The maximum Gasteiger partial charge on any atom is 0.337 e. The third-order valence-electron chi connectivity index (χ3n) is 3.94. The molecule has 0 saturated heterocycles. The third kappa shape index (κ3) is 4.29. The van der Waals surface area contributed by atoms with Crippen LogP contribution < -0.4 is 14.8 Å². The highest BCUT2D eigenvalue weighted by Gasteiger charge is 2.13. The summed E-state index contributed by atoms with van der Waals surface area (Å²) in [7, 11) is 4.38. The highest BCUT2D eigenvalue weighted by Crippen LogP contribution is 2.27. The Morgan fingerprint density at radius 3 is 2.14 bits per heavy atom. The van der Waals surface area contributed by atoms with Crippen molar-refractivity contribution in [3.63, 3.8) is 0 Å². The molecule has 144 valence electrons. The van der Waals surface area contributed by atoms with Gasteiger partial charge in [-0.25, -0.2) is 9.78 Å². The summed E-state index contributed by atoms with van der Waals surface area (Å²) in [6.07, 6.45) is 0. The van der Waals surface area contributed by atoms with Gasteiger partial charge in [-0.1, -0.05) is 12.1 Å². The maximum absolute atomic E-state index is 12.5. The lowest BCUT2D eigenvalue weighted by Crippen LogP contribution is -2.12. The molecule has 7 nitrogen and oxygen atoms in total. The molecule has 0 spiro atoms. The molecule has 0 radical (unpaired) electrons. The number of thiazole rings is 1. The van der Waals surface area contributed by atoms with Crippen molar-refractivity contribution in [3.8, 4) is 22.8 Å². The van der Waals surface area contributed by atoms with Crippen molar-refractivity contribution in [1.29, 1.82) is 0 Å². The first-order valence-electron chi connectivity index (χ1n) is 8.22. The number of nitrogens with zero attached hydrogens (tertiary/aromatic N) is 1. The van der Waals surface area contributed by atoms with Gasteiger partial charge in [-0.15, -0.1) is 11.3 Å². The Balaban J connectivity index is 1.76. The lowest BCUT2D eigenvalue weighted by molar-refractivity contribution is 0.0600. The summed E-state index contributed by atoms with van der Waals surface area (Å²) < 4.78 is 15.1. The molecule has 1 N–H and O–H groups in total. The highest BCUT2D eigenvalue weighted by molar-refractivity contribution is 7.14. The average Bonchev–Trinajstić information content (AvgIpc) is 3.21. The first-order valence-corrected chi connectivity index (χ1v) is 9.10. The normalized spacial score (nSPS) is 10.2. The summed E-state index contributed by atoms with van der Waals surface area (Å²) in [5.41, 5.74) is 2.38. The van der Waals surface area contributed by atoms with Crippen LogP contribution in [0.3, 0.4) is 0 Å². The van der Waals surface area contributed by atoms with E-state index in [1.54, 1.807) is 42.5 Å². The number of nitrogens with one attached hydrogen (secondary N) is 1. The molecule has 0 aliphatic heterocycles. The zero-order valence-corrected chi connectivity index (χ0v) is 16.3. The summed E-state index contributed by atoms with van der Waals surface area (Å²) in [6.45, 7) is 0. The second kappa shape index (κ2) is 8.53. The van der Waals surface area contributed by atoms with Crippen LogP contribution in [0, 0.1) is 0 Å². The molecule has 3 rings (SSSR count). The average molecular weight is 398 g/mol. The predicted molar refractivity (Wildman–Crippen MR) is 106 cm³/mol.